The average Bonchev–Trinajstić information content (AvgIpc) is 2.50. The molecule has 0 saturated carbocycles. The summed E-state index contributed by atoms with van der Waals surface area (Å²) in [6.45, 7) is 0. The number of hydrogen-bond donors (Lipinski definition) is 2. The van der Waals surface area contributed by atoms with Gasteiger partial charge < -0.3 is 9.79 Å². The van der Waals surface area contributed by atoms with Crippen molar-refractivity contribution >= 4 is 7.82 Å². The molecule has 0 spiro atoms. The van der Waals surface area contributed by atoms with E-state index < -0.39 is 74.9 Å². The second-order valence-electron chi connectivity index (χ2n) is 6.27. The lowest BCUT2D eigenvalue weighted by Crippen LogP contribution is -2.71. The smallest absolute Gasteiger partial charge is 0.303 e. The van der Waals surface area contributed by atoms with Gasteiger partial charge in [-0.3, -0.25) is 4.52 Å². The number of hydrogen-bond acceptors (Lipinski definition) is 2. The molecule has 0 rings (SSSR count). The number of phosphoric acid groups is 1. The van der Waals surface area contributed by atoms with Gasteiger partial charge in [-0.2, -0.15) is 39.5 Å². The SMILES string of the molecule is O=P(O)(O)OC(CC(F)(F)C(F)F)(CC(F)(F)C(F)F)C(F)(F)C(F)(F)C(F)(F)C(F)(F)F. The van der Waals surface area contributed by atoms with Crippen molar-refractivity contribution in [1.82, 2.24) is 0 Å². The standard InChI is InChI=1S/C11H8F17O4P/c12-3(13)6(16,17)1-5(32-33(29,30)31,2-7(18,19)4(14)15)8(20,21)9(22,23)10(24,25)11(26,27)28/h3-4H,1-2H2,(H2,29,30,31). The predicted molar refractivity (Wildman–Crippen MR) is 67.9 cm³/mol. The van der Waals surface area contributed by atoms with Gasteiger partial charge in [-0.15, -0.1) is 0 Å². The van der Waals surface area contributed by atoms with Crippen molar-refractivity contribution in [2.45, 2.75) is 67.1 Å². The van der Waals surface area contributed by atoms with Crippen LogP contribution in [0.15, 0.2) is 0 Å². The van der Waals surface area contributed by atoms with E-state index in [-0.39, 0.29) is 0 Å². The van der Waals surface area contributed by atoms with E-state index in [0.29, 0.717) is 0 Å². The third kappa shape index (κ3) is 6.14. The minimum absolute atomic E-state index is 2.57. The molecule has 22 heteroatoms. The molecular weight excluding hydrogens is 550 g/mol. The molecule has 0 aliphatic rings. The second-order valence-corrected chi connectivity index (χ2v) is 7.44. The Kier molecular flexibility index (Phi) is 8.56. The van der Waals surface area contributed by atoms with Gasteiger partial charge in [0, 0.05) is 0 Å². The highest BCUT2D eigenvalue weighted by Crippen LogP contribution is 2.63. The molecule has 0 unspecified atom stereocenters. The molecule has 0 atom stereocenters. The lowest BCUT2D eigenvalue weighted by Gasteiger charge is -2.46. The maximum atomic E-state index is 14.3. The molecule has 33 heavy (non-hydrogen) atoms. The van der Waals surface area contributed by atoms with Crippen LogP contribution in [0, 0.1) is 0 Å². The van der Waals surface area contributed by atoms with E-state index >= 15 is 0 Å². The molecule has 200 valence electrons. The Hall–Kier alpha value is -1.08. The highest BCUT2D eigenvalue weighted by atomic mass is 31.2. The van der Waals surface area contributed by atoms with Crippen molar-refractivity contribution in [3.63, 3.8) is 0 Å². The third-order valence-corrected chi connectivity index (χ3v) is 4.28. The van der Waals surface area contributed by atoms with Crippen LogP contribution in [-0.2, 0) is 9.09 Å². The Labute approximate surface area is 169 Å². The Morgan fingerprint density at radius 1 is 0.606 bits per heavy atom. The first-order chi connectivity index (χ1) is 14.0. The first-order valence-corrected chi connectivity index (χ1v) is 8.82. The van der Waals surface area contributed by atoms with Crippen molar-refractivity contribution < 1.29 is 93.5 Å². The van der Waals surface area contributed by atoms with E-state index in [1.165, 1.54) is 0 Å². The molecule has 0 radical (unpaired) electrons. The first kappa shape index (κ1) is 31.9. The molecule has 0 aliphatic carbocycles. The fourth-order valence-corrected chi connectivity index (χ4v) is 2.91. The third-order valence-electron chi connectivity index (χ3n) is 3.69. The summed E-state index contributed by atoms with van der Waals surface area (Å²) in [5, 5.41) is 0. The van der Waals surface area contributed by atoms with Gasteiger partial charge in [0.05, 0.1) is 12.8 Å². The monoisotopic (exact) mass is 558 g/mol. The van der Waals surface area contributed by atoms with Crippen molar-refractivity contribution in [1.29, 1.82) is 0 Å². The van der Waals surface area contributed by atoms with Crippen molar-refractivity contribution in [2.24, 2.45) is 0 Å². The molecule has 0 saturated heterocycles. The van der Waals surface area contributed by atoms with Gasteiger partial charge in [0.25, 0.3) is 0 Å². The van der Waals surface area contributed by atoms with Crippen LogP contribution in [0.25, 0.3) is 0 Å². The molecule has 0 aliphatic heterocycles. The second kappa shape index (κ2) is 8.85. The van der Waals surface area contributed by atoms with E-state index in [1.54, 1.807) is 0 Å². The zero-order chi connectivity index (χ0) is 27.3. The fraction of sp³-hybridized carbons (Fsp3) is 1.00. The van der Waals surface area contributed by atoms with E-state index in [9.17, 15) is 79.2 Å². The number of halogens is 17. The Balaban J connectivity index is 7.46. The van der Waals surface area contributed by atoms with Crippen molar-refractivity contribution in [3.05, 3.63) is 0 Å². The van der Waals surface area contributed by atoms with Gasteiger partial charge in [0.1, 0.15) is 0 Å². The molecule has 2 N–H and O–H groups in total. The fourth-order valence-electron chi connectivity index (χ4n) is 2.21. The van der Waals surface area contributed by atoms with Crippen LogP contribution >= 0.6 is 7.82 Å². The normalized spacial score (nSPS) is 16.2. The molecule has 4 nitrogen and oxygen atoms in total. The van der Waals surface area contributed by atoms with E-state index in [4.69, 9.17) is 9.79 Å². The van der Waals surface area contributed by atoms with Crippen LogP contribution in [0.4, 0.5) is 74.6 Å². The number of rotatable bonds is 11. The topological polar surface area (TPSA) is 66.8 Å². The van der Waals surface area contributed by atoms with Crippen LogP contribution < -0.4 is 0 Å². The first-order valence-electron chi connectivity index (χ1n) is 7.29. The molecule has 0 aromatic rings. The predicted octanol–water partition coefficient (Wildman–Crippen LogP) is 5.88. The summed E-state index contributed by atoms with van der Waals surface area (Å²) in [5.41, 5.74) is -6.57. The Morgan fingerprint density at radius 2 is 0.909 bits per heavy atom. The summed E-state index contributed by atoms with van der Waals surface area (Å²) < 4.78 is 235. The molecule has 0 aromatic heterocycles. The summed E-state index contributed by atoms with van der Waals surface area (Å²) in [4.78, 5) is 16.9. The summed E-state index contributed by atoms with van der Waals surface area (Å²) in [5.74, 6) is -37.2. The van der Waals surface area contributed by atoms with Crippen molar-refractivity contribution in [3.8, 4) is 0 Å². The average molecular weight is 558 g/mol. The molecule has 0 aromatic carbocycles. The minimum Gasteiger partial charge on any atom is -0.303 e. The summed E-state index contributed by atoms with van der Waals surface area (Å²) in [6, 6.07) is 0. The maximum Gasteiger partial charge on any atom is 0.470 e. The van der Waals surface area contributed by atoms with Gasteiger partial charge in [0.15, 0.2) is 5.60 Å². The summed E-state index contributed by atoms with van der Waals surface area (Å²) in [6.07, 6.45) is -27.1. The molecule has 0 amide bonds. The zero-order valence-corrected chi connectivity index (χ0v) is 15.5. The maximum absolute atomic E-state index is 14.3. The Morgan fingerprint density at radius 3 is 1.12 bits per heavy atom. The highest BCUT2D eigenvalue weighted by molar-refractivity contribution is 7.46. The van der Waals surface area contributed by atoms with Gasteiger partial charge >= 0.3 is 56.5 Å². The lowest BCUT2D eigenvalue weighted by atomic mass is 9.78. The van der Waals surface area contributed by atoms with Crippen LogP contribution in [0.5, 0.6) is 0 Å². The highest BCUT2D eigenvalue weighted by Gasteiger charge is 2.87. The summed E-state index contributed by atoms with van der Waals surface area (Å²) in [7, 11) is -7.27. The van der Waals surface area contributed by atoms with Gasteiger partial charge in [-0.1, -0.05) is 0 Å². The van der Waals surface area contributed by atoms with Crippen molar-refractivity contribution in [2.75, 3.05) is 0 Å². The molecule has 0 heterocycles. The van der Waals surface area contributed by atoms with Crippen LogP contribution in [-0.4, -0.2) is 64.0 Å². The largest absolute Gasteiger partial charge is 0.470 e. The van der Waals surface area contributed by atoms with E-state index in [1.807, 2.05) is 0 Å². The molecule has 0 fully saturated rings. The molecular formula is C11H8F17O4P. The van der Waals surface area contributed by atoms with E-state index in [0.717, 1.165) is 0 Å². The van der Waals surface area contributed by atoms with Crippen LogP contribution in [0.3, 0.4) is 0 Å². The van der Waals surface area contributed by atoms with Gasteiger partial charge in [-0.25, -0.2) is 39.7 Å². The quantitative estimate of drug-likeness (QED) is 0.246. The zero-order valence-electron chi connectivity index (χ0n) is 14.7. The molecule has 0 bridgehead atoms. The minimum atomic E-state index is -8.27. The summed E-state index contributed by atoms with van der Waals surface area (Å²) >= 11 is 0. The number of alkyl halides is 17. The lowest BCUT2D eigenvalue weighted by molar-refractivity contribution is -0.421. The van der Waals surface area contributed by atoms with E-state index in [2.05, 4.69) is 4.52 Å². The Bertz CT molecular complexity index is 705. The van der Waals surface area contributed by atoms with Gasteiger partial charge in [0.2, 0.25) is 0 Å². The van der Waals surface area contributed by atoms with Crippen LogP contribution in [0.2, 0.25) is 0 Å². The number of phosphoric ester groups is 1. The van der Waals surface area contributed by atoms with Gasteiger partial charge in [-0.05, 0) is 0 Å². The van der Waals surface area contributed by atoms with Crippen LogP contribution in [0.1, 0.15) is 12.8 Å².